The molecule has 19 heavy (non-hydrogen) atoms. The number of nitrogens with zero attached hydrogens (tertiary/aromatic N) is 1. The number of nitrogens with two attached hydrogens (primary N) is 1. The van der Waals surface area contributed by atoms with E-state index < -0.39 is 5.82 Å². The molecular weight excluding hydrogens is 358 g/mol. The minimum atomic E-state index is -0.551. The Morgan fingerprint density at radius 1 is 1.37 bits per heavy atom. The van der Waals surface area contributed by atoms with Crippen LogP contribution in [0.15, 0.2) is 28.9 Å². The Bertz CT molecular complexity index is 625. The Kier molecular flexibility index (Phi) is 4.50. The number of anilines is 1. The Labute approximate surface area is 127 Å². The summed E-state index contributed by atoms with van der Waals surface area (Å²) < 4.78 is 19.5. The summed E-state index contributed by atoms with van der Waals surface area (Å²) in [6.45, 7) is -0.00222. The van der Waals surface area contributed by atoms with E-state index in [1.807, 2.05) is 0 Å². The summed E-state index contributed by atoms with van der Waals surface area (Å²) in [4.78, 5) is 3.92. The topological polar surface area (TPSA) is 48.1 Å². The first-order chi connectivity index (χ1) is 8.99. The lowest BCUT2D eigenvalue weighted by Crippen LogP contribution is -2.02. The molecule has 0 aliphatic heterocycles. The molecule has 2 N–H and O–H groups in total. The standard InChI is InChI=1S/C12H8BrCl2FN2O/c13-6-3-10(12(17)18-4-6)19-5-7-8(14)1-2-9(16)11(7)15/h1-4H,5H2,(H2,17,18). The van der Waals surface area contributed by atoms with Crippen LogP contribution in [0.1, 0.15) is 5.56 Å². The fourth-order valence-corrected chi connectivity index (χ4v) is 2.19. The minimum Gasteiger partial charge on any atom is -0.485 e. The molecule has 0 amide bonds. The lowest BCUT2D eigenvalue weighted by Gasteiger charge is -2.11. The summed E-state index contributed by atoms with van der Waals surface area (Å²) in [5.74, 6) is 0.0441. The maximum atomic E-state index is 13.3. The number of aromatic nitrogens is 1. The molecule has 0 radical (unpaired) electrons. The van der Waals surface area contributed by atoms with Crippen LogP contribution in [0.5, 0.6) is 5.75 Å². The van der Waals surface area contributed by atoms with Gasteiger partial charge in [-0.05, 0) is 34.1 Å². The largest absolute Gasteiger partial charge is 0.485 e. The van der Waals surface area contributed by atoms with Crippen LogP contribution >= 0.6 is 39.1 Å². The first-order valence-electron chi connectivity index (χ1n) is 5.15. The highest BCUT2D eigenvalue weighted by molar-refractivity contribution is 9.10. The molecule has 0 aliphatic carbocycles. The second-order valence-electron chi connectivity index (χ2n) is 3.65. The number of pyridine rings is 1. The van der Waals surface area contributed by atoms with Gasteiger partial charge in [0.05, 0.1) is 5.02 Å². The molecule has 0 saturated carbocycles. The number of hydrogen-bond acceptors (Lipinski definition) is 3. The molecule has 0 atom stereocenters. The van der Waals surface area contributed by atoms with Crippen molar-refractivity contribution in [2.24, 2.45) is 0 Å². The first kappa shape index (κ1) is 14.4. The normalized spacial score (nSPS) is 10.5. The zero-order chi connectivity index (χ0) is 14.0. The van der Waals surface area contributed by atoms with Crippen molar-refractivity contribution in [2.45, 2.75) is 6.61 Å². The maximum Gasteiger partial charge on any atom is 0.166 e. The molecule has 0 bridgehead atoms. The van der Waals surface area contributed by atoms with Crippen molar-refractivity contribution in [1.29, 1.82) is 0 Å². The third-order valence-corrected chi connectivity index (χ3v) is 3.56. The van der Waals surface area contributed by atoms with Crippen molar-refractivity contribution in [2.75, 3.05) is 5.73 Å². The fourth-order valence-electron chi connectivity index (χ4n) is 1.40. The number of rotatable bonds is 3. The second kappa shape index (κ2) is 5.94. The van der Waals surface area contributed by atoms with Gasteiger partial charge in [-0.2, -0.15) is 0 Å². The zero-order valence-electron chi connectivity index (χ0n) is 9.46. The number of ether oxygens (including phenoxy) is 1. The van der Waals surface area contributed by atoms with Gasteiger partial charge in [0.25, 0.3) is 0 Å². The molecule has 2 rings (SSSR count). The number of halogens is 4. The Morgan fingerprint density at radius 3 is 2.84 bits per heavy atom. The SMILES string of the molecule is Nc1ncc(Br)cc1OCc1c(Cl)ccc(F)c1Cl. The van der Waals surface area contributed by atoms with Crippen LogP contribution in [-0.4, -0.2) is 4.98 Å². The van der Waals surface area contributed by atoms with E-state index in [0.29, 0.717) is 20.8 Å². The number of nitrogen functional groups attached to an aromatic ring is 1. The van der Waals surface area contributed by atoms with Gasteiger partial charge < -0.3 is 10.5 Å². The van der Waals surface area contributed by atoms with Gasteiger partial charge in [0, 0.05) is 21.3 Å². The van der Waals surface area contributed by atoms with E-state index >= 15 is 0 Å². The van der Waals surface area contributed by atoms with E-state index in [2.05, 4.69) is 20.9 Å². The van der Waals surface area contributed by atoms with Crippen LogP contribution in [0.25, 0.3) is 0 Å². The smallest absolute Gasteiger partial charge is 0.166 e. The van der Waals surface area contributed by atoms with Crippen LogP contribution in [0.3, 0.4) is 0 Å². The lowest BCUT2D eigenvalue weighted by atomic mass is 10.2. The summed E-state index contributed by atoms with van der Waals surface area (Å²) in [6.07, 6.45) is 1.55. The molecule has 0 aliphatic rings. The second-order valence-corrected chi connectivity index (χ2v) is 5.35. The average Bonchev–Trinajstić information content (AvgIpc) is 2.38. The zero-order valence-corrected chi connectivity index (χ0v) is 12.6. The highest BCUT2D eigenvalue weighted by atomic mass is 79.9. The summed E-state index contributed by atoms with van der Waals surface area (Å²) in [6, 6.07) is 4.27. The number of benzene rings is 1. The van der Waals surface area contributed by atoms with Crippen molar-refractivity contribution in [1.82, 2.24) is 4.98 Å². The van der Waals surface area contributed by atoms with Crippen molar-refractivity contribution >= 4 is 44.9 Å². The van der Waals surface area contributed by atoms with Gasteiger partial charge in [0.2, 0.25) is 0 Å². The van der Waals surface area contributed by atoms with Gasteiger partial charge in [-0.15, -0.1) is 0 Å². The van der Waals surface area contributed by atoms with Gasteiger partial charge in [0.1, 0.15) is 12.4 Å². The van der Waals surface area contributed by atoms with Crippen LogP contribution in [0.4, 0.5) is 10.2 Å². The van der Waals surface area contributed by atoms with Crippen LogP contribution in [0, 0.1) is 5.82 Å². The van der Waals surface area contributed by atoms with Gasteiger partial charge in [-0.25, -0.2) is 9.37 Å². The molecule has 7 heteroatoms. The molecule has 1 aromatic heterocycles. The van der Waals surface area contributed by atoms with Crippen LogP contribution in [-0.2, 0) is 6.61 Å². The Morgan fingerprint density at radius 2 is 2.11 bits per heavy atom. The van der Waals surface area contributed by atoms with Gasteiger partial charge in [-0.1, -0.05) is 23.2 Å². The highest BCUT2D eigenvalue weighted by Gasteiger charge is 2.12. The van der Waals surface area contributed by atoms with Gasteiger partial charge in [-0.3, -0.25) is 0 Å². The lowest BCUT2D eigenvalue weighted by molar-refractivity contribution is 0.306. The van der Waals surface area contributed by atoms with Crippen LogP contribution in [0.2, 0.25) is 10.0 Å². The maximum absolute atomic E-state index is 13.3. The van der Waals surface area contributed by atoms with E-state index in [9.17, 15) is 4.39 Å². The van der Waals surface area contributed by atoms with E-state index in [1.54, 1.807) is 12.3 Å². The summed E-state index contributed by atoms with van der Waals surface area (Å²) in [5.41, 5.74) is 6.03. The molecule has 3 nitrogen and oxygen atoms in total. The van der Waals surface area contributed by atoms with E-state index in [4.69, 9.17) is 33.7 Å². The molecule has 0 unspecified atom stereocenters. The minimum absolute atomic E-state index is 0.00222. The van der Waals surface area contributed by atoms with Crippen molar-refractivity contribution in [3.8, 4) is 5.75 Å². The van der Waals surface area contributed by atoms with Crippen molar-refractivity contribution in [3.63, 3.8) is 0 Å². The Hall–Kier alpha value is -1.04. The van der Waals surface area contributed by atoms with Gasteiger partial charge in [0.15, 0.2) is 11.6 Å². The molecule has 1 aromatic carbocycles. The van der Waals surface area contributed by atoms with E-state index in [-0.39, 0.29) is 17.4 Å². The molecule has 0 fully saturated rings. The van der Waals surface area contributed by atoms with E-state index in [1.165, 1.54) is 12.1 Å². The predicted molar refractivity (Wildman–Crippen MR) is 77.1 cm³/mol. The monoisotopic (exact) mass is 364 g/mol. The Balaban J connectivity index is 2.24. The molecule has 100 valence electrons. The number of hydrogen-bond donors (Lipinski definition) is 1. The molecule has 1 heterocycles. The van der Waals surface area contributed by atoms with E-state index in [0.717, 1.165) is 0 Å². The summed E-state index contributed by atoms with van der Waals surface area (Å²) in [5, 5.41) is 0.266. The summed E-state index contributed by atoms with van der Waals surface area (Å²) >= 11 is 15.0. The summed E-state index contributed by atoms with van der Waals surface area (Å²) in [7, 11) is 0. The molecule has 0 spiro atoms. The average molecular weight is 366 g/mol. The quantitative estimate of drug-likeness (QED) is 0.817. The van der Waals surface area contributed by atoms with Crippen molar-refractivity contribution < 1.29 is 9.13 Å². The first-order valence-corrected chi connectivity index (χ1v) is 6.70. The molecule has 2 aromatic rings. The van der Waals surface area contributed by atoms with Crippen LogP contribution < -0.4 is 10.5 Å². The predicted octanol–water partition coefficient (Wildman–Crippen LogP) is 4.45. The fraction of sp³-hybridized carbons (Fsp3) is 0.0833. The molecular formula is C12H8BrCl2FN2O. The molecule has 0 saturated heterocycles. The third-order valence-electron chi connectivity index (χ3n) is 2.36. The van der Waals surface area contributed by atoms with Crippen molar-refractivity contribution in [3.05, 3.63) is 50.3 Å². The third kappa shape index (κ3) is 3.29. The van der Waals surface area contributed by atoms with Gasteiger partial charge >= 0.3 is 0 Å². The highest BCUT2D eigenvalue weighted by Crippen LogP contribution is 2.30.